The zero-order chi connectivity index (χ0) is 12.7. The van der Waals surface area contributed by atoms with Crippen LogP contribution in [0.1, 0.15) is 12.8 Å². The molecule has 8 heteroatoms. The van der Waals surface area contributed by atoms with Crippen molar-refractivity contribution in [1.82, 2.24) is 19.9 Å². The minimum atomic E-state index is -1.08. The maximum atomic E-state index is 9.64. The summed E-state index contributed by atoms with van der Waals surface area (Å²) in [6.07, 6.45) is 4.16. The van der Waals surface area contributed by atoms with Gasteiger partial charge in [-0.2, -0.15) is 0 Å². The molecule has 2 heterocycles. The third-order valence-corrected chi connectivity index (χ3v) is 1.65. The summed E-state index contributed by atoms with van der Waals surface area (Å²) in [5.74, 6) is -2.15. The van der Waals surface area contributed by atoms with Gasteiger partial charge >= 0.3 is 11.9 Å². The lowest BCUT2D eigenvalue weighted by atomic mass is 10.3. The number of carboxylic acid groups (broad SMARTS) is 2. The molecule has 2 aromatic heterocycles. The van der Waals surface area contributed by atoms with E-state index in [-0.39, 0.29) is 12.8 Å². The zero-order valence-electron chi connectivity index (χ0n) is 8.70. The monoisotopic (exact) mass is 238 g/mol. The topological polar surface area (TPSA) is 129 Å². The van der Waals surface area contributed by atoms with Gasteiger partial charge in [0.15, 0.2) is 5.65 Å². The predicted octanol–water partition coefficient (Wildman–Crippen LogP) is 0.289. The van der Waals surface area contributed by atoms with Crippen molar-refractivity contribution in [1.29, 1.82) is 0 Å². The standard InChI is InChI=1S/C5H4N4.C4H6O4/c1-4-5(8-2-6-1)9-3-7-4;5-3(6)1-2-4(7)8/h1-3H,(H,6,7,8,9);1-2H2,(H,5,6)(H,7,8). The highest BCUT2D eigenvalue weighted by Crippen LogP contribution is 1.99. The maximum absolute atomic E-state index is 9.64. The Kier molecular flexibility index (Phi) is 4.55. The molecule has 3 N–H and O–H groups in total. The Hall–Kier alpha value is -2.51. The van der Waals surface area contributed by atoms with Crippen LogP contribution in [-0.2, 0) is 9.59 Å². The Bertz CT molecular complexity index is 466. The number of H-pyrrole nitrogens is 1. The van der Waals surface area contributed by atoms with Crippen molar-refractivity contribution in [2.75, 3.05) is 0 Å². The van der Waals surface area contributed by atoms with Crippen LogP contribution in [0.4, 0.5) is 0 Å². The van der Waals surface area contributed by atoms with Crippen LogP contribution in [-0.4, -0.2) is 42.1 Å². The molecule has 17 heavy (non-hydrogen) atoms. The van der Waals surface area contributed by atoms with Gasteiger partial charge in [-0.15, -0.1) is 0 Å². The minimum Gasteiger partial charge on any atom is -0.481 e. The zero-order valence-corrected chi connectivity index (χ0v) is 8.70. The molecule has 0 amide bonds. The van der Waals surface area contributed by atoms with Gasteiger partial charge in [-0.3, -0.25) is 9.59 Å². The predicted molar refractivity (Wildman–Crippen MR) is 56.2 cm³/mol. The fourth-order valence-electron chi connectivity index (χ4n) is 0.905. The van der Waals surface area contributed by atoms with E-state index in [0.29, 0.717) is 0 Å². The summed E-state index contributed by atoms with van der Waals surface area (Å²) in [5.41, 5.74) is 1.59. The van der Waals surface area contributed by atoms with Gasteiger partial charge in [0.1, 0.15) is 11.8 Å². The Morgan fingerprint density at radius 3 is 2.35 bits per heavy atom. The summed E-state index contributed by atoms with van der Waals surface area (Å²) in [5, 5.41) is 15.8. The molecular formula is C9H10N4O4. The van der Waals surface area contributed by atoms with E-state index in [1.807, 2.05) is 0 Å². The molecule has 0 spiro atoms. The van der Waals surface area contributed by atoms with E-state index >= 15 is 0 Å². The third kappa shape index (κ3) is 4.69. The number of nitrogens with one attached hydrogen (secondary N) is 1. The van der Waals surface area contributed by atoms with Crippen LogP contribution >= 0.6 is 0 Å². The Balaban J connectivity index is 0.000000172. The average Bonchev–Trinajstić information content (AvgIpc) is 2.75. The van der Waals surface area contributed by atoms with Crippen LogP contribution in [0.2, 0.25) is 0 Å². The molecule has 0 aliphatic rings. The smallest absolute Gasteiger partial charge is 0.303 e. The van der Waals surface area contributed by atoms with E-state index in [9.17, 15) is 9.59 Å². The normalized spacial score (nSPS) is 9.41. The fourth-order valence-corrected chi connectivity index (χ4v) is 0.905. The van der Waals surface area contributed by atoms with Crippen LogP contribution in [0, 0.1) is 0 Å². The summed E-state index contributed by atoms with van der Waals surface area (Å²) in [7, 11) is 0. The highest BCUT2D eigenvalue weighted by atomic mass is 16.4. The van der Waals surface area contributed by atoms with Crippen molar-refractivity contribution >= 4 is 23.1 Å². The van der Waals surface area contributed by atoms with Gasteiger partial charge in [0.2, 0.25) is 0 Å². The van der Waals surface area contributed by atoms with Gasteiger partial charge in [-0.05, 0) is 0 Å². The van der Waals surface area contributed by atoms with Crippen LogP contribution in [0.15, 0.2) is 18.9 Å². The largest absolute Gasteiger partial charge is 0.481 e. The molecule has 8 nitrogen and oxygen atoms in total. The number of hydrogen-bond acceptors (Lipinski definition) is 5. The molecule has 0 saturated carbocycles. The second-order valence-electron chi connectivity index (χ2n) is 2.95. The molecular weight excluding hydrogens is 228 g/mol. The van der Waals surface area contributed by atoms with Gasteiger partial charge < -0.3 is 15.2 Å². The average molecular weight is 238 g/mol. The molecule has 0 aromatic carbocycles. The summed E-state index contributed by atoms with van der Waals surface area (Å²) >= 11 is 0. The number of rotatable bonds is 3. The summed E-state index contributed by atoms with van der Waals surface area (Å²) in [4.78, 5) is 33.8. The highest BCUT2D eigenvalue weighted by Gasteiger charge is 2.00. The Labute approximate surface area is 95.4 Å². The van der Waals surface area contributed by atoms with E-state index in [2.05, 4.69) is 19.9 Å². The number of aliphatic carboxylic acids is 2. The molecule has 90 valence electrons. The van der Waals surface area contributed by atoms with Crippen molar-refractivity contribution in [3.05, 3.63) is 18.9 Å². The van der Waals surface area contributed by atoms with Gasteiger partial charge in [-0.25, -0.2) is 15.0 Å². The van der Waals surface area contributed by atoms with Crippen molar-refractivity contribution in [2.24, 2.45) is 0 Å². The Morgan fingerprint density at radius 1 is 1.18 bits per heavy atom. The first-order chi connectivity index (χ1) is 8.09. The van der Waals surface area contributed by atoms with E-state index in [4.69, 9.17) is 10.2 Å². The van der Waals surface area contributed by atoms with Crippen LogP contribution < -0.4 is 0 Å². The first kappa shape index (κ1) is 12.6. The third-order valence-electron chi connectivity index (χ3n) is 1.65. The number of hydrogen-bond donors (Lipinski definition) is 3. The number of aromatic amines is 1. The van der Waals surface area contributed by atoms with Crippen LogP contribution in [0.5, 0.6) is 0 Å². The number of carbonyl (C=O) groups is 2. The number of nitrogens with zero attached hydrogens (tertiary/aromatic N) is 3. The second kappa shape index (κ2) is 6.16. The van der Waals surface area contributed by atoms with E-state index in [1.165, 1.54) is 6.33 Å². The second-order valence-corrected chi connectivity index (χ2v) is 2.95. The van der Waals surface area contributed by atoms with E-state index < -0.39 is 11.9 Å². The maximum Gasteiger partial charge on any atom is 0.303 e. The molecule has 0 unspecified atom stereocenters. The molecule has 0 aliphatic heterocycles. The Morgan fingerprint density at radius 2 is 1.82 bits per heavy atom. The van der Waals surface area contributed by atoms with Gasteiger partial charge in [0, 0.05) is 0 Å². The van der Waals surface area contributed by atoms with Gasteiger partial charge in [0.05, 0.1) is 25.4 Å². The number of carboxylic acids is 2. The van der Waals surface area contributed by atoms with Gasteiger partial charge in [-0.1, -0.05) is 0 Å². The lowest BCUT2D eigenvalue weighted by molar-refractivity contribution is -0.143. The van der Waals surface area contributed by atoms with Crippen LogP contribution in [0.25, 0.3) is 11.2 Å². The molecule has 0 radical (unpaired) electrons. The number of fused-ring (bicyclic) bond motifs is 1. The van der Waals surface area contributed by atoms with E-state index in [0.717, 1.165) is 11.2 Å². The van der Waals surface area contributed by atoms with E-state index in [1.54, 1.807) is 12.5 Å². The number of aromatic nitrogens is 4. The SMILES string of the molecule is O=C(O)CCC(=O)O.c1ncc2nc[nH]c2n1. The number of imidazole rings is 1. The molecule has 0 atom stereocenters. The first-order valence-electron chi connectivity index (χ1n) is 4.62. The highest BCUT2D eigenvalue weighted by molar-refractivity contribution is 5.75. The molecule has 0 aliphatic carbocycles. The summed E-state index contributed by atoms with van der Waals surface area (Å²) in [6, 6.07) is 0. The van der Waals surface area contributed by atoms with Crippen LogP contribution in [0.3, 0.4) is 0 Å². The van der Waals surface area contributed by atoms with Gasteiger partial charge in [0.25, 0.3) is 0 Å². The summed E-state index contributed by atoms with van der Waals surface area (Å²) in [6.45, 7) is 0. The molecule has 2 aromatic rings. The molecule has 0 bridgehead atoms. The van der Waals surface area contributed by atoms with Crippen molar-refractivity contribution < 1.29 is 19.8 Å². The minimum absolute atomic E-state index is 0.296. The lowest BCUT2D eigenvalue weighted by Crippen LogP contribution is -2.00. The molecule has 0 saturated heterocycles. The molecule has 2 rings (SSSR count). The van der Waals surface area contributed by atoms with Crippen molar-refractivity contribution in [3.63, 3.8) is 0 Å². The quantitative estimate of drug-likeness (QED) is 0.700. The lowest BCUT2D eigenvalue weighted by Gasteiger charge is -1.85. The fraction of sp³-hybridized carbons (Fsp3) is 0.222. The van der Waals surface area contributed by atoms with Crippen molar-refractivity contribution in [2.45, 2.75) is 12.8 Å². The molecule has 0 fully saturated rings. The summed E-state index contributed by atoms with van der Waals surface area (Å²) < 4.78 is 0. The first-order valence-corrected chi connectivity index (χ1v) is 4.62. The van der Waals surface area contributed by atoms with Crippen molar-refractivity contribution in [3.8, 4) is 0 Å².